The Morgan fingerprint density at radius 3 is 2.33 bits per heavy atom. The summed E-state index contributed by atoms with van der Waals surface area (Å²) < 4.78 is 0. The summed E-state index contributed by atoms with van der Waals surface area (Å²) in [5.74, 6) is 1.90. The number of anilines is 3. The highest BCUT2D eigenvalue weighted by atomic mass is 16.2. The van der Waals surface area contributed by atoms with Crippen LogP contribution in [0.2, 0.25) is 0 Å². The second kappa shape index (κ2) is 9.55. The molecule has 5 rings (SSSR count). The minimum Gasteiger partial charge on any atom is -0.354 e. The molecule has 3 aliphatic rings. The third-order valence-corrected chi connectivity index (χ3v) is 7.06. The second-order valence-electron chi connectivity index (χ2n) is 9.58. The molecule has 4 heterocycles. The predicted molar refractivity (Wildman–Crippen MR) is 132 cm³/mol. The highest BCUT2D eigenvalue weighted by Gasteiger charge is 2.30. The smallest absolute Gasteiger partial charge is 0.322 e. The Morgan fingerprint density at radius 1 is 0.879 bits per heavy atom. The molecule has 0 spiro atoms. The number of carbonyl (C=O) groups is 1. The van der Waals surface area contributed by atoms with E-state index in [9.17, 15) is 4.79 Å². The molecular weight excluding hydrogens is 414 g/mol. The van der Waals surface area contributed by atoms with Crippen LogP contribution in [0.4, 0.5) is 22.2 Å². The molecule has 3 aliphatic heterocycles. The minimum absolute atomic E-state index is 0.0612. The van der Waals surface area contributed by atoms with Gasteiger partial charge in [0.15, 0.2) is 0 Å². The maximum absolute atomic E-state index is 13.1. The van der Waals surface area contributed by atoms with Crippen molar-refractivity contribution in [2.45, 2.75) is 39.2 Å². The number of nitrogens with zero attached hydrogens (tertiary/aromatic N) is 6. The third-order valence-electron chi connectivity index (χ3n) is 7.06. The maximum Gasteiger partial charge on any atom is 0.322 e. The predicted octanol–water partition coefficient (Wildman–Crippen LogP) is 3.12. The molecule has 33 heavy (non-hydrogen) atoms. The van der Waals surface area contributed by atoms with Gasteiger partial charge in [-0.25, -0.2) is 9.78 Å². The van der Waals surface area contributed by atoms with Gasteiger partial charge in [-0.3, -0.25) is 0 Å². The van der Waals surface area contributed by atoms with E-state index in [4.69, 9.17) is 9.97 Å². The average Bonchev–Trinajstić information content (AvgIpc) is 2.85. The van der Waals surface area contributed by atoms with Crippen molar-refractivity contribution < 1.29 is 4.79 Å². The van der Waals surface area contributed by atoms with Gasteiger partial charge in [-0.2, -0.15) is 4.98 Å². The molecule has 0 unspecified atom stereocenters. The molecule has 176 valence electrons. The van der Waals surface area contributed by atoms with Crippen LogP contribution >= 0.6 is 0 Å². The van der Waals surface area contributed by atoms with Gasteiger partial charge in [0, 0.05) is 63.5 Å². The molecular formula is C25H35N7O. The largest absolute Gasteiger partial charge is 0.354 e. The molecule has 0 atom stereocenters. The van der Waals surface area contributed by atoms with E-state index in [1.54, 1.807) is 0 Å². The second-order valence-corrected chi connectivity index (χ2v) is 9.58. The van der Waals surface area contributed by atoms with Gasteiger partial charge in [0.2, 0.25) is 5.95 Å². The van der Waals surface area contributed by atoms with Crippen LogP contribution in [0.15, 0.2) is 24.3 Å². The maximum atomic E-state index is 13.1. The summed E-state index contributed by atoms with van der Waals surface area (Å²) in [6.07, 6.45) is 4.47. The van der Waals surface area contributed by atoms with Crippen molar-refractivity contribution in [2.75, 3.05) is 68.0 Å². The fourth-order valence-electron chi connectivity index (χ4n) is 4.91. The minimum atomic E-state index is -0.0612. The van der Waals surface area contributed by atoms with Crippen molar-refractivity contribution in [1.82, 2.24) is 19.8 Å². The first-order chi connectivity index (χ1) is 16.1. The number of aryl methyl sites for hydroxylation is 1. The summed E-state index contributed by atoms with van der Waals surface area (Å²) in [5.41, 5.74) is 4.23. The highest BCUT2D eigenvalue weighted by Crippen LogP contribution is 2.31. The zero-order valence-corrected chi connectivity index (χ0v) is 19.9. The topological polar surface area (TPSA) is 67.8 Å². The molecule has 1 aromatic carbocycles. The number of piperazine rings is 1. The van der Waals surface area contributed by atoms with Crippen molar-refractivity contribution in [1.29, 1.82) is 0 Å². The number of amides is 2. The summed E-state index contributed by atoms with van der Waals surface area (Å²) in [4.78, 5) is 32.2. The summed E-state index contributed by atoms with van der Waals surface area (Å²) >= 11 is 0. The highest BCUT2D eigenvalue weighted by molar-refractivity contribution is 5.89. The number of carbonyl (C=O) groups excluding carboxylic acids is 1. The Balaban J connectivity index is 1.40. The molecule has 0 radical (unpaired) electrons. The van der Waals surface area contributed by atoms with E-state index in [-0.39, 0.29) is 6.03 Å². The van der Waals surface area contributed by atoms with Crippen molar-refractivity contribution >= 4 is 23.5 Å². The molecule has 8 nitrogen and oxygen atoms in total. The van der Waals surface area contributed by atoms with E-state index < -0.39 is 0 Å². The lowest BCUT2D eigenvalue weighted by Gasteiger charge is -2.38. The molecule has 2 aromatic rings. The van der Waals surface area contributed by atoms with E-state index in [1.807, 2.05) is 36.1 Å². The molecule has 1 aromatic heterocycles. The van der Waals surface area contributed by atoms with Crippen molar-refractivity contribution in [3.63, 3.8) is 0 Å². The quantitative estimate of drug-likeness (QED) is 0.777. The number of rotatable bonds is 3. The Morgan fingerprint density at radius 2 is 1.61 bits per heavy atom. The Kier molecular flexibility index (Phi) is 6.35. The van der Waals surface area contributed by atoms with Crippen molar-refractivity contribution in [3.8, 4) is 0 Å². The van der Waals surface area contributed by atoms with Gasteiger partial charge in [-0.05, 0) is 45.4 Å². The fourth-order valence-corrected chi connectivity index (χ4v) is 4.91. The van der Waals surface area contributed by atoms with Crippen LogP contribution in [0, 0.1) is 6.92 Å². The van der Waals surface area contributed by atoms with E-state index in [1.165, 1.54) is 24.8 Å². The normalized spacial score (nSPS) is 19.4. The van der Waals surface area contributed by atoms with Gasteiger partial charge in [0.1, 0.15) is 5.82 Å². The molecule has 0 aliphatic carbocycles. The first-order valence-electron chi connectivity index (χ1n) is 12.3. The molecule has 0 bridgehead atoms. The number of piperidine rings is 1. The van der Waals surface area contributed by atoms with Crippen LogP contribution in [0.25, 0.3) is 0 Å². The molecule has 2 amide bonds. The molecule has 0 saturated carbocycles. The standard InChI is InChI=1S/C25H35N7O/c1-19-6-8-20(9-7-19)26-25(33)32-13-10-22-21(18-32)23(30-16-14-29(2)15-17-30)28-24(27-22)31-11-4-3-5-12-31/h6-9H,3-5,10-18H2,1-2H3,(H,26,33). The molecule has 2 saturated heterocycles. The monoisotopic (exact) mass is 449 g/mol. The van der Waals surface area contributed by atoms with Crippen LogP contribution in [0.1, 0.15) is 36.1 Å². The van der Waals surface area contributed by atoms with Crippen LogP contribution in [0.5, 0.6) is 0 Å². The van der Waals surface area contributed by atoms with Crippen molar-refractivity contribution in [3.05, 3.63) is 41.1 Å². The first-order valence-corrected chi connectivity index (χ1v) is 12.3. The SMILES string of the molecule is Cc1ccc(NC(=O)N2CCc3nc(N4CCCCC4)nc(N4CCN(C)CC4)c3C2)cc1. The number of nitrogens with one attached hydrogen (secondary N) is 1. The van der Waals surface area contributed by atoms with Gasteiger partial charge in [-0.15, -0.1) is 0 Å². The van der Waals surface area contributed by atoms with E-state index in [0.29, 0.717) is 13.1 Å². The zero-order chi connectivity index (χ0) is 22.8. The molecule has 8 heteroatoms. The first kappa shape index (κ1) is 21.9. The van der Waals surface area contributed by atoms with E-state index >= 15 is 0 Å². The Hall–Kier alpha value is -2.87. The van der Waals surface area contributed by atoms with Gasteiger partial charge in [0.25, 0.3) is 0 Å². The summed E-state index contributed by atoms with van der Waals surface area (Å²) in [7, 11) is 2.17. The number of hydrogen-bond donors (Lipinski definition) is 1. The zero-order valence-electron chi connectivity index (χ0n) is 19.9. The summed E-state index contributed by atoms with van der Waals surface area (Å²) in [6, 6.07) is 7.88. The fraction of sp³-hybridized carbons (Fsp3) is 0.560. The number of fused-ring (bicyclic) bond motifs is 1. The van der Waals surface area contributed by atoms with Crippen molar-refractivity contribution in [2.24, 2.45) is 0 Å². The number of urea groups is 1. The van der Waals surface area contributed by atoms with Crippen LogP contribution in [-0.2, 0) is 13.0 Å². The lowest BCUT2D eigenvalue weighted by molar-refractivity contribution is 0.206. The van der Waals surface area contributed by atoms with Crippen LogP contribution in [-0.4, -0.2) is 78.7 Å². The average molecular weight is 450 g/mol. The van der Waals surface area contributed by atoms with E-state index in [0.717, 1.165) is 74.4 Å². The molecule has 2 fully saturated rings. The van der Waals surface area contributed by atoms with Gasteiger partial charge in [-0.1, -0.05) is 17.7 Å². The van der Waals surface area contributed by atoms with Gasteiger partial charge in [0.05, 0.1) is 12.2 Å². The Labute approximate surface area is 196 Å². The van der Waals surface area contributed by atoms with Crippen LogP contribution < -0.4 is 15.1 Å². The third kappa shape index (κ3) is 4.90. The number of aromatic nitrogens is 2. The van der Waals surface area contributed by atoms with Crippen LogP contribution in [0.3, 0.4) is 0 Å². The lowest BCUT2D eigenvalue weighted by Crippen LogP contribution is -2.46. The van der Waals surface area contributed by atoms with Gasteiger partial charge >= 0.3 is 6.03 Å². The number of benzene rings is 1. The summed E-state index contributed by atoms with van der Waals surface area (Å²) in [6.45, 7) is 9.29. The Bertz CT molecular complexity index is 979. The lowest BCUT2D eigenvalue weighted by atomic mass is 10.1. The molecule has 1 N–H and O–H groups in total. The number of hydrogen-bond acceptors (Lipinski definition) is 6. The summed E-state index contributed by atoms with van der Waals surface area (Å²) in [5, 5.41) is 3.06. The van der Waals surface area contributed by atoms with Gasteiger partial charge < -0.3 is 24.9 Å². The van der Waals surface area contributed by atoms with E-state index in [2.05, 4.69) is 27.1 Å². The number of likely N-dealkylation sites (N-methyl/N-ethyl adjacent to an activating group) is 1.